The predicted octanol–water partition coefficient (Wildman–Crippen LogP) is 15.8. The number of allylic oxidation sites excluding steroid dienone is 3. The molecule has 6 rings (SSSR count). The van der Waals surface area contributed by atoms with Gasteiger partial charge in [0.2, 0.25) is 0 Å². The molecule has 1 unspecified atom stereocenters. The molecule has 6 aromatic carbocycles. The number of phenolic OH excluding ortho intramolecular Hbond substituents is 1. The van der Waals surface area contributed by atoms with Gasteiger partial charge in [0.15, 0.2) is 0 Å². The van der Waals surface area contributed by atoms with Crippen molar-refractivity contribution in [3.8, 4) is 5.75 Å². The zero-order chi connectivity index (χ0) is 67.4. The number of phenols is 1. The molecule has 89 heavy (non-hydrogen) atoms. The Balaban J connectivity index is 0. The highest BCUT2D eigenvalue weighted by Crippen LogP contribution is 2.42. The van der Waals surface area contributed by atoms with Crippen LogP contribution >= 0.6 is 7.14 Å². The Morgan fingerprint density at radius 1 is 0.506 bits per heavy atom. The van der Waals surface area contributed by atoms with Gasteiger partial charge in [0.1, 0.15) is 30.3 Å². The molecule has 0 saturated heterocycles. The predicted molar refractivity (Wildman–Crippen MR) is 364 cm³/mol. The van der Waals surface area contributed by atoms with E-state index < -0.39 is 12.8 Å². The molecule has 6 aromatic rings. The second-order valence-corrected chi connectivity index (χ2v) is 23.2. The average molecular weight is 1240 g/mol. The maximum atomic E-state index is 11.3. The topological polar surface area (TPSA) is 214 Å². The highest BCUT2D eigenvalue weighted by atomic mass is 31.2. The van der Waals surface area contributed by atoms with E-state index in [1.807, 2.05) is 130 Å². The van der Waals surface area contributed by atoms with Gasteiger partial charge in [0, 0.05) is 29.2 Å². The van der Waals surface area contributed by atoms with Crippen molar-refractivity contribution in [1.29, 1.82) is 0 Å². The summed E-state index contributed by atoms with van der Waals surface area (Å²) in [5, 5.41) is 17.3. The van der Waals surface area contributed by atoms with E-state index in [-0.39, 0.29) is 36.2 Å². The number of carbonyl (C=O) groups excluding carboxylic acids is 7. The molecule has 14 nitrogen and oxygen atoms in total. The van der Waals surface area contributed by atoms with Crippen LogP contribution in [0.15, 0.2) is 182 Å². The van der Waals surface area contributed by atoms with Crippen molar-refractivity contribution >= 4 is 74.2 Å². The number of hydrogen-bond acceptors (Lipinski definition) is 14. The lowest BCUT2D eigenvalue weighted by Crippen LogP contribution is -2.19. The van der Waals surface area contributed by atoms with E-state index in [2.05, 4.69) is 42.8 Å². The maximum Gasteiger partial charge on any atom is 0.333 e. The van der Waals surface area contributed by atoms with Crippen molar-refractivity contribution in [2.75, 3.05) is 46.4 Å². The van der Waals surface area contributed by atoms with Crippen molar-refractivity contribution in [1.82, 2.24) is 0 Å². The molecule has 2 N–H and O–H groups in total. The maximum absolute atomic E-state index is 11.3. The van der Waals surface area contributed by atoms with E-state index in [0.717, 1.165) is 46.0 Å². The van der Waals surface area contributed by atoms with Gasteiger partial charge in [0.05, 0.1) is 40.2 Å². The summed E-state index contributed by atoms with van der Waals surface area (Å²) in [5.74, 6) is -0.918. The zero-order valence-electron chi connectivity index (χ0n) is 54.3. The molecule has 0 fully saturated rings. The van der Waals surface area contributed by atoms with Crippen LogP contribution in [0.4, 0.5) is 0 Å². The first-order valence-electron chi connectivity index (χ1n) is 29.0. The molecule has 0 spiro atoms. The molecular formula is C74H93O14P. The molecule has 0 aliphatic heterocycles. The molecule has 15 heteroatoms. The average Bonchev–Trinajstić information content (AvgIpc) is 3.73. The van der Waals surface area contributed by atoms with Gasteiger partial charge in [-0.05, 0) is 142 Å². The lowest BCUT2D eigenvalue weighted by atomic mass is 10.1. The van der Waals surface area contributed by atoms with Crippen molar-refractivity contribution in [3.05, 3.63) is 243 Å². The second kappa shape index (κ2) is 51.0. The van der Waals surface area contributed by atoms with Gasteiger partial charge < -0.3 is 33.7 Å². The quantitative estimate of drug-likeness (QED) is 0.0205. The summed E-state index contributed by atoms with van der Waals surface area (Å²) in [4.78, 5) is 73.7. The molecule has 0 saturated carbocycles. The van der Waals surface area contributed by atoms with E-state index in [1.165, 1.54) is 46.5 Å². The minimum atomic E-state index is -2.32. The van der Waals surface area contributed by atoms with E-state index in [0.29, 0.717) is 50.3 Å². The standard InChI is InChI=1S/C15H18O2.C12H14O2.C10H12O.C10H10O.C8H8O.C7H15O3P.C7H6O2.C5H10O2/c1-4-17-15(16)13(3)8-6-10-14-9-5-7-12(2)11-14;1-3-14-12(13)8-7-11-6-4-5-10(2)9-11;2*1-9-4-2-5-10(8-9)6-3-7-11;1-7-3-2-4-8(5-7)6-9;1-5-10-7(8)6(2)11(3,4)9;8-5-6-2-1-3-7(9)4-6;1-3-5(6)7-4-2/h5-11H,4H2,1-3H3;4-9H,3H2,1-2H3;2-6,8,11H,7H2,1H3;2-8H,1H3;2-6H,1H3;6H,5H2,1-4H3;1-5,9H;3-4H2,1-2H3/b10-6+,13-8+;8-7+;2*6-3+;;;;. The number of aliphatic hydroxyl groups is 1. The third-order valence-corrected chi connectivity index (χ3v) is 13.3. The van der Waals surface area contributed by atoms with Gasteiger partial charge in [-0.1, -0.05) is 199 Å². The SMILES string of the molecule is CCOC(=O)/C(C)=C/C=C/c1cccc(C)c1.CCOC(=O)/C=C/c1cccc(C)c1.CCOC(=O)C(C)P(C)(C)=O.CCOC(=O)CC.Cc1cccc(/C=C/C=O)c1.Cc1cccc(/C=C/CO)c1.Cc1cccc(C=O)c1.O=Cc1cccc(O)c1. The molecular weight excluding hydrogens is 1140 g/mol. The highest BCUT2D eigenvalue weighted by molar-refractivity contribution is 7.64. The number of aryl methyl sites for hydroxylation is 5. The number of rotatable bonds is 18. The summed E-state index contributed by atoms with van der Waals surface area (Å²) in [5.41, 5.74) is 11.7. The van der Waals surface area contributed by atoms with Crippen LogP contribution in [0, 0.1) is 34.6 Å². The minimum absolute atomic E-state index is 0.105. The first-order chi connectivity index (χ1) is 42.4. The smallest absolute Gasteiger partial charge is 0.333 e. The molecule has 0 bridgehead atoms. The fourth-order valence-corrected chi connectivity index (χ4v) is 7.11. The van der Waals surface area contributed by atoms with Gasteiger partial charge in [-0.25, -0.2) is 9.59 Å². The van der Waals surface area contributed by atoms with Gasteiger partial charge in [-0.3, -0.25) is 24.0 Å². The van der Waals surface area contributed by atoms with Crippen molar-refractivity contribution < 1.29 is 67.3 Å². The van der Waals surface area contributed by atoms with Crippen molar-refractivity contribution in [2.45, 2.75) is 95.2 Å². The molecule has 0 aliphatic rings. The van der Waals surface area contributed by atoms with Crippen molar-refractivity contribution in [3.63, 3.8) is 0 Å². The Morgan fingerprint density at radius 3 is 1.22 bits per heavy atom. The number of hydrogen-bond donors (Lipinski definition) is 2. The number of aliphatic hydroxyl groups excluding tert-OH is 1. The van der Waals surface area contributed by atoms with Crippen molar-refractivity contribution in [2.24, 2.45) is 0 Å². The Hall–Kier alpha value is -9.10. The summed E-state index contributed by atoms with van der Waals surface area (Å²) in [6.45, 7) is 27.4. The van der Waals surface area contributed by atoms with Gasteiger partial charge in [0.25, 0.3) is 0 Å². The number of aromatic hydroxyl groups is 1. The fourth-order valence-electron chi connectivity index (χ4n) is 6.53. The minimum Gasteiger partial charge on any atom is -0.508 e. The second-order valence-electron chi connectivity index (χ2n) is 19.5. The van der Waals surface area contributed by atoms with Gasteiger partial charge in [-0.2, -0.15) is 0 Å². The third kappa shape index (κ3) is 44.9. The summed E-state index contributed by atoms with van der Waals surface area (Å²) in [6.07, 6.45) is 18.5. The van der Waals surface area contributed by atoms with Crippen LogP contribution in [0.3, 0.4) is 0 Å². The zero-order valence-corrected chi connectivity index (χ0v) is 55.2. The lowest BCUT2D eigenvalue weighted by molar-refractivity contribution is -0.143. The number of carbonyl (C=O) groups is 7. The molecule has 0 aromatic heterocycles. The summed E-state index contributed by atoms with van der Waals surface area (Å²) in [6, 6.07) is 45.9. The van der Waals surface area contributed by atoms with Crippen LogP contribution in [0.2, 0.25) is 0 Å². The summed E-state index contributed by atoms with van der Waals surface area (Å²) in [7, 11) is -2.32. The van der Waals surface area contributed by atoms with E-state index in [1.54, 1.807) is 104 Å². The Morgan fingerprint density at radius 2 is 0.888 bits per heavy atom. The van der Waals surface area contributed by atoms with E-state index in [9.17, 15) is 38.1 Å². The normalized spacial score (nSPS) is 10.7. The largest absolute Gasteiger partial charge is 0.508 e. The molecule has 0 heterocycles. The van der Waals surface area contributed by atoms with Crippen LogP contribution in [0.1, 0.15) is 126 Å². The number of benzene rings is 6. The van der Waals surface area contributed by atoms with E-state index >= 15 is 0 Å². The van der Waals surface area contributed by atoms with Crippen LogP contribution < -0.4 is 0 Å². The van der Waals surface area contributed by atoms with E-state index in [4.69, 9.17) is 24.4 Å². The third-order valence-electron chi connectivity index (χ3n) is 11.2. The number of aldehydes is 3. The summed E-state index contributed by atoms with van der Waals surface area (Å²) >= 11 is 0. The first kappa shape index (κ1) is 82.0. The Labute approximate surface area is 529 Å². The number of ether oxygens (including phenoxy) is 4. The molecule has 0 radical (unpaired) electrons. The Kier molecular flexibility index (Phi) is 47.0. The highest BCUT2D eigenvalue weighted by Gasteiger charge is 2.26. The molecule has 0 amide bonds. The molecule has 478 valence electrons. The number of esters is 4. The van der Waals surface area contributed by atoms with Gasteiger partial charge >= 0.3 is 23.9 Å². The first-order valence-corrected chi connectivity index (χ1v) is 31.7. The van der Waals surface area contributed by atoms with Gasteiger partial charge in [-0.15, -0.1) is 0 Å². The van der Waals surface area contributed by atoms with Crippen LogP contribution in [0.25, 0.3) is 24.3 Å². The summed E-state index contributed by atoms with van der Waals surface area (Å²) < 4.78 is 30.3. The molecule has 1 atom stereocenters. The van der Waals surface area contributed by atoms with Crippen LogP contribution in [-0.2, 0) is 47.5 Å². The molecule has 0 aliphatic carbocycles. The monoisotopic (exact) mass is 1240 g/mol. The lowest BCUT2D eigenvalue weighted by Gasteiger charge is -2.14. The Bertz CT molecular complexity index is 3180. The fraction of sp³-hybridized carbons (Fsp3) is 0.284. The van der Waals surface area contributed by atoms with Crippen LogP contribution in [0.5, 0.6) is 5.75 Å². The van der Waals surface area contributed by atoms with Crippen LogP contribution in [-0.4, -0.2) is 105 Å².